The molecule has 0 spiro atoms. The smallest absolute Gasteiger partial charge is 0.165 e. The summed E-state index contributed by atoms with van der Waals surface area (Å²) in [6.07, 6.45) is 3.78. The van der Waals surface area contributed by atoms with Crippen molar-refractivity contribution in [3.63, 3.8) is 0 Å². The molecular formula is C6H8BBrCl2. The second-order valence-corrected chi connectivity index (χ2v) is 4.17. The number of rotatable bonds is 2. The molecular weight excluding hydrogens is 234 g/mol. The van der Waals surface area contributed by atoms with Gasteiger partial charge in [0.1, 0.15) is 0 Å². The molecule has 0 amide bonds. The lowest BCUT2D eigenvalue weighted by atomic mass is 9.92. The maximum Gasteiger partial charge on any atom is 0.382 e. The van der Waals surface area contributed by atoms with E-state index < -0.39 is 5.54 Å². The van der Waals surface area contributed by atoms with Crippen molar-refractivity contribution in [2.75, 3.05) is 0 Å². The highest BCUT2D eigenvalue weighted by Gasteiger charge is 2.08. The number of hydrogen-bond acceptors (Lipinski definition) is 0. The molecule has 0 nitrogen and oxygen atoms in total. The molecule has 0 saturated carbocycles. The molecule has 0 bridgehead atoms. The van der Waals surface area contributed by atoms with Gasteiger partial charge in [-0.3, -0.25) is 0 Å². The summed E-state index contributed by atoms with van der Waals surface area (Å²) in [4.78, 5) is 0. The third-order valence-electron chi connectivity index (χ3n) is 0.951. The highest BCUT2D eigenvalue weighted by molar-refractivity contribution is 9.11. The first kappa shape index (κ1) is 10.6. The largest absolute Gasteiger partial charge is 0.382 e. The van der Waals surface area contributed by atoms with Crippen LogP contribution in [-0.4, -0.2) is 5.54 Å². The SMILES string of the molecule is C/C=C(\C=C(/C)Br)B(Cl)Cl. The summed E-state index contributed by atoms with van der Waals surface area (Å²) in [5, 5.41) is 0. The zero-order valence-electron chi connectivity index (χ0n) is 5.87. The van der Waals surface area contributed by atoms with Crippen LogP contribution in [0.4, 0.5) is 0 Å². The maximum atomic E-state index is 5.62. The Morgan fingerprint density at radius 3 is 2.10 bits per heavy atom. The lowest BCUT2D eigenvalue weighted by molar-refractivity contribution is 1.63. The third-order valence-corrected chi connectivity index (χ3v) is 1.68. The maximum absolute atomic E-state index is 5.62. The van der Waals surface area contributed by atoms with Gasteiger partial charge in [-0.15, -0.1) is 0 Å². The Bertz CT molecular complexity index is 159. The summed E-state index contributed by atoms with van der Waals surface area (Å²) in [5.41, 5.74) is 0.482. The second-order valence-electron chi connectivity index (χ2n) is 1.82. The minimum Gasteiger partial charge on any atom is -0.165 e. The van der Waals surface area contributed by atoms with Crippen LogP contribution >= 0.6 is 38.9 Å². The van der Waals surface area contributed by atoms with Gasteiger partial charge in [-0.2, -0.15) is 22.9 Å². The molecule has 0 fully saturated rings. The molecule has 0 atom stereocenters. The number of hydrogen-bond donors (Lipinski definition) is 0. The number of halogens is 3. The van der Waals surface area contributed by atoms with Crippen LogP contribution in [-0.2, 0) is 0 Å². The molecule has 0 radical (unpaired) electrons. The Morgan fingerprint density at radius 2 is 2.00 bits per heavy atom. The van der Waals surface area contributed by atoms with Gasteiger partial charge in [-0.1, -0.05) is 28.1 Å². The highest BCUT2D eigenvalue weighted by Crippen LogP contribution is 2.15. The van der Waals surface area contributed by atoms with E-state index in [0.29, 0.717) is 0 Å². The first-order valence-corrected chi connectivity index (χ1v) is 4.52. The minimum atomic E-state index is -0.433. The van der Waals surface area contributed by atoms with E-state index in [1.54, 1.807) is 0 Å². The van der Waals surface area contributed by atoms with E-state index in [0.717, 1.165) is 9.95 Å². The van der Waals surface area contributed by atoms with Gasteiger partial charge < -0.3 is 0 Å². The van der Waals surface area contributed by atoms with Crippen molar-refractivity contribution in [1.29, 1.82) is 0 Å². The van der Waals surface area contributed by atoms with Crippen LogP contribution in [0.2, 0.25) is 0 Å². The van der Waals surface area contributed by atoms with Crippen LogP contribution in [0, 0.1) is 0 Å². The normalized spacial score (nSPS) is 13.7. The summed E-state index contributed by atoms with van der Waals surface area (Å²) >= 11 is 14.5. The quantitative estimate of drug-likeness (QED) is 0.511. The van der Waals surface area contributed by atoms with Crippen LogP contribution in [0.5, 0.6) is 0 Å². The minimum absolute atomic E-state index is 0.433. The lowest BCUT2D eigenvalue weighted by Crippen LogP contribution is -1.95. The van der Waals surface area contributed by atoms with Crippen molar-refractivity contribution in [1.82, 2.24) is 0 Å². The molecule has 0 N–H and O–H groups in total. The van der Waals surface area contributed by atoms with Gasteiger partial charge in [0.05, 0.1) is 0 Å². The second kappa shape index (κ2) is 5.28. The van der Waals surface area contributed by atoms with E-state index in [9.17, 15) is 0 Å². The van der Waals surface area contributed by atoms with Crippen molar-refractivity contribution in [2.24, 2.45) is 0 Å². The summed E-state index contributed by atoms with van der Waals surface area (Å²) < 4.78 is 1.02. The summed E-state index contributed by atoms with van der Waals surface area (Å²) in [5.74, 6) is 0. The van der Waals surface area contributed by atoms with E-state index in [2.05, 4.69) is 15.9 Å². The standard InChI is InChI=1S/C6H8BBrCl2/c1-3-6(7(9)10)4-5(2)8/h3-4H,1-2H3/b5-4+,6-3+. The molecule has 4 heteroatoms. The van der Waals surface area contributed by atoms with Crippen molar-refractivity contribution < 1.29 is 0 Å². The van der Waals surface area contributed by atoms with Crippen molar-refractivity contribution in [3.8, 4) is 0 Å². The molecule has 0 unspecified atom stereocenters. The van der Waals surface area contributed by atoms with E-state index in [4.69, 9.17) is 22.9 Å². The van der Waals surface area contributed by atoms with Gasteiger partial charge in [0.2, 0.25) is 0 Å². The Hall–Kier alpha value is 0.605. The monoisotopic (exact) mass is 240 g/mol. The van der Waals surface area contributed by atoms with Crippen LogP contribution in [0.25, 0.3) is 0 Å². The zero-order valence-corrected chi connectivity index (χ0v) is 8.96. The average Bonchev–Trinajstić information content (AvgIpc) is 1.81. The van der Waals surface area contributed by atoms with Crippen LogP contribution in [0.1, 0.15) is 13.8 Å². The Morgan fingerprint density at radius 1 is 1.50 bits per heavy atom. The molecule has 56 valence electrons. The van der Waals surface area contributed by atoms with E-state index in [-0.39, 0.29) is 0 Å². The van der Waals surface area contributed by atoms with Gasteiger partial charge in [0.25, 0.3) is 0 Å². The van der Waals surface area contributed by atoms with Crippen molar-refractivity contribution in [2.45, 2.75) is 13.8 Å². The first-order valence-electron chi connectivity index (χ1n) is 2.86. The summed E-state index contributed by atoms with van der Waals surface area (Å²) in [6, 6.07) is 0. The predicted molar refractivity (Wildman–Crippen MR) is 53.9 cm³/mol. The molecule has 0 aromatic carbocycles. The zero-order chi connectivity index (χ0) is 8.15. The highest BCUT2D eigenvalue weighted by atomic mass is 79.9. The summed E-state index contributed by atoms with van der Waals surface area (Å²) in [6.45, 7) is 3.83. The topological polar surface area (TPSA) is 0 Å². The van der Waals surface area contributed by atoms with Crippen LogP contribution in [0.3, 0.4) is 0 Å². The van der Waals surface area contributed by atoms with E-state index in [1.807, 2.05) is 26.0 Å². The molecule has 0 saturated heterocycles. The third kappa shape index (κ3) is 4.43. The Labute approximate surface area is 80.3 Å². The molecule has 0 aliphatic heterocycles. The van der Waals surface area contributed by atoms with Gasteiger partial charge >= 0.3 is 5.54 Å². The number of allylic oxidation sites excluding steroid dienone is 4. The van der Waals surface area contributed by atoms with Gasteiger partial charge in [-0.05, 0) is 23.8 Å². The van der Waals surface area contributed by atoms with Gasteiger partial charge in [0.15, 0.2) is 0 Å². The fourth-order valence-electron chi connectivity index (χ4n) is 0.502. The van der Waals surface area contributed by atoms with Gasteiger partial charge in [-0.25, -0.2) is 0 Å². The first-order chi connectivity index (χ1) is 4.57. The lowest BCUT2D eigenvalue weighted by Gasteiger charge is -1.96. The molecule has 0 aliphatic rings. The van der Waals surface area contributed by atoms with Crippen LogP contribution < -0.4 is 0 Å². The molecule has 0 rings (SSSR count). The average molecular weight is 242 g/mol. The molecule has 0 heterocycles. The molecule has 0 aliphatic carbocycles. The fourth-order valence-corrected chi connectivity index (χ4v) is 1.14. The fraction of sp³-hybridized carbons (Fsp3) is 0.333. The summed E-state index contributed by atoms with van der Waals surface area (Å²) in [7, 11) is 0. The Kier molecular flexibility index (Phi) is 5.60. The van der Waals surface area contributed by atoms with E-state index >= 15 is 0 Å². The van der Waals surface area contributed by atoms with Crippen molar-refractivity contribution >= 4 is 44.4 Å². The van der Waals surface area contributed by atoms with Gasteiger partial charge in [0, 0.05) is 0 Å². The van der Waals surface area contributed by atoms with Crippen LogP contribution in [0.15, 0.2) is 22.1 Å². The van der Waals surface area contributed by atoms with E-state index in [1.165, 1.54) is 0 Å². The Balaban J connectivity index is 4.26. The molecule has 0 aromatic heterocycles. The predicted octanol–water partition coefficient (Wildman–Crippen LogP) is 3.74. The molecule has 0 aromatic rings. The van der Waals surface area contributed by atoms with Crippen molar-refractivity contribution in [3.05, 3.63) is 22.1 Å². The molecule has 10 heavy (non-hydrogen) atoms.